The van der Waals surface area contributed by atoms with Gasteiger partial charge in [0.15, 0.2) is 5.78 Å². The minimum absolute atomic E-state index is 0.0866. The van der Waals surface area contributed by atoms with Crippen LogP contribution in [-0.4, -0.2) is 28.3 Å². The van der Waals surface area contributed by atoms with E-state index in [2.05, 4.69) is 5.10 Å². The molecule has 1 rings (SSSR count). The molecule has 1 aromatic rings. The highest BCUT2D eigenvalue weighted by Crippen LogP contribution is 2.52. The van der Waals surface area contributed by atoms with Crippen molar-refractivity contribution in [2.75, 3.05) is 0 Å². The maximum atomic E-state index is 13.4. The number of Topliss-reactive ketones (excluding diaryl/α,β-unsaturated/α-hetero) is 1. The Balaban J connectivity index is 3.41. The number of hydrogen-bond donors (Lipinski definition) is 1. The Kier molecular flexibility index (Phi) is 3.17. The van der Waals surface area contributed by atoms with Crippen molar-refractivity contribution in [2.24, 2.45) is 0 Å². The van der Waals surface area contributed by atoms with Crippen LogP contribution in [0.4, 0.5) is 30.7 Å². The highest BCUT2D eigenvalue weighted by molar-refractivity contribution is 5.92. The minimum atomic E-state index is -6.23. The molecule has 0 fully saturated rings. The second kappa shape index (κ2) is 3.95. The molecule has 0 spiro atoms. The van der Waals surface area contributed by atoms with E-state index in [0.717, 1.165) is 6.92 Å². The molecule has 0 amide bonds. The van der Waals surface area contributed by atoms with Crippen LogP contribution >= 0.6 is 0 Å². The molecular weight excluding hydrogens is 273 g/mol. The van der Waals surface area contributed by atoms with Crippen LogP contribution in [0.15, 0.2) is 6.07 Å². The van der Waals surface area contributed by atoms with E-state index in [9.17, 15) is 35.5 Å². The highest BCUT2D eigenvalue weighted by atomic mass is 19.4. The Labute approximate surface area is 95.0 Å². The summed E-state index contributed by atoms with van der Waals surface area (Å²) in [5, 5.41) is 4.15. The van der Waals surface area contributed by atoms with Crippen molar-refractivity contribution in [2.45, 2.75) is 24.9 Å². The first-order chi connectivity index (χ1) is 7.91. The van der Waals surface area contributed by atoms with Gasteiger partial charge in [0.25, 0.3) is 0 Å². The van der Waals surface area contributed by atoms with Gasteiger partial charge in [0.05, 0.1) is 5.69 Å². The molecule has 0 bridgehead atoms. The summed E-state index contributed by atoms with van der Waals surface area (Å²) >= 11 is 0. The zero-order chi connectivity index (χ0) is 14.4. The molecule has 1 heterocycles. The molecule has 0 aromatic carbocycles. The van der Waals surface area contributed by atoms with Gasteiger partial charge in [-0.3, -0.25) is 9.89 Å². The number of aromatic amines is 1. The zero-order valence-corrected chi connectivity index (χ0v) is 8.58. The first kappa shape index (κ1) is 14.5. The van der Waals surface area contributed by atoms with Crippen molar-refractivity contribution in [1.29, 1.82) is 0 Å². The molecule has 0 atom stereocenters. The smallest absolute Gasteiger partial charge is 0.293 e. The van der Waals surface area contributed by atoms with Crippen molar-refractivity contribution >= 4 is 5.78 Å². The van der Waals surface area contributed by atoms with Crippen LogP contribution in [0, 0.1) is 0 Å². The molecule has 0 aliphatic carbocycles. The number of halogens is 7. The van der Waals surface area contributed by atoms with E-state index in [1.807, 2.05) is 0 Å². The van der Waals surface area contributed by atoms with E-state index in [4.69, 9.17) is 0 Å². The first-order valence-electron chi connectivity index (χ1n) is 4.30. The fourth-order valence-electron chi connectivity index (χ4n) is 1.14. The summed E-state index contributed by atoms with van der Waals surface area (Å²) in [6.45, 7) is 0.862. The number of rotatable bonds is 2. The maximum absolute atomic E-state index is 13.4. The number of hydrogen-bond acceptors (Lipinski definition) is 2. The highest BCUT2D eigenvalue weighted by Gasteiger charge is 2.74. The molecule has 0 aliphatic heterocycles. The molecule has 0 aliphatic rings. The molecule has 3 nitrogen and oxygen atoms in total. The number of alkyl halides is 7. The number of ketones is 1. The van der Waals surface area contributed by atoms with Gasteiger partial charge in [-0.25, -0.2) is 4.39 Å². The Hall–Kier alpha value is -1.61. The van der Waals surface area contributed by atoms with E-state index < -0.39 is 35.2 Å². The van der Waals surface area contributed by atoms with Gasteiger partial charge in [0, 0.05) is 6.92 Å². The minimum Gasteiger partial charge on any atom is -0.293 e. The summed E-state index contributed by atoms with van der Waals surface area (Å²) in [5.41, 5.74) is -8.20. The van der Waals surface area contributed by atoms with Crippen molar-refractivity contribution < 1.29 is 35.5 Å². The molecule has 0 saturated heterocycles. The summed E-state index contributed by atoms with van der Waals surface area (Å²) in [6, 6.07) is 0.0866. The third-order valence-electron chi connectivity index (χ3n) is 2.09. The Morgan fingerprint density at radius 1 is 1.11 bits per heavy atom. The van der Waals surface area contributed by atoms with Crippen LogP contribution in [0.3, 0.4) is 0 Å². The predicted octanol–water partition coefficient (Wildman–Crippen LogP) is 2.90. The number of H-pyrrole nitrogens is 1. The van der Waals surface area contributed by atoms with Gasteiger partial charge in [-0.05, 0) is 6.07 Å². The van der Waals surface area contributed by atoms with E-state index in [-0.39, 0.29) is 6.07 Å². The van der Waals surface area contributed by atoms with Gasteiger partial charge < -0.3 is 0 Å². The zero-order valence-electron chi connectivity index (χ0n) is 8.58. The molecule has 18 heavy (non-hydrogen) atoms. The molecule has 1 aromatic heterocycles. The number of aromatic nitrogens is 2. The van der Waals surface area contributed by atoms with Gasteiger partial charge in [0.1, 0.15) is 5.69 Å². The van der Waals surface area contributed by atoms with E-state index in [0.29, 0.717) is 0 Å². The van der Waals surface area contributed by atoms with Gasteiger partial charge in [0.2, 0.25) is 0 Å². The van der Waals surface area contributed by atoms with Crippen molar-refractivity contribution in [3.63, 3.8) is 0 Å². The van der Waals surface area contributed by atoms with Crippen LogP contribution in [0.1, 0.15) is 23.1 Å². The van der Waals surface area contributed by atoms with Crippen LogP contribution in [0.25, 0.3) is 0 Å². The molecule has 1 N–H and O–H groups in total. The lowest BCUT2D eigenvalue weighted by Gasteiger charge is -2.28. The summed E-state index contributed by atoms with van der Waals surface area (Å²) in [7, 11) is 0. The first-order valence-corrected chi connectivity index (χ1v) is 4.30. The van der Waals surface area contributed by atoms with Gasteiger partial charge in [-0.1, -0.05) is 0 Å². The molecular formula is C8H5F7N2O. The van der Waals surface area contributed by atoms with Crippen LogP contribution in [-0.2, 0) is 5.67 Å². The van der Waals surface area contributed by atoms with E-state index >= 15 is 0 Å². The second-order valence-corrected chi connectivity index (χ2v) is 3.38. The fraction of sp³-hybridized carbons (Fsp3) is 0.500. The predicted molar refractivity (Wildman–Crippen MR) is 43.5 cm³/mol. The summed E-state index contributed by atoms with van der Waals surface area (Å²) in [6.07, 6.45) is -12.5. The number of nitrogens with zero attached hydrogens (tertiary/aromatic N) is 1. The van der Waals surface area contributed by atoms with Crippen LogP contribution in [0.2, 0.25) is 0 Å². The fourth-order valence-corrected chi connectivity index (χ4v) is 1.14. The lowest BCUT2D eigenvalue weighted by Crippen LogP contribution is -2.50. The lowest BCUT2D eigenvalue weighted by molar-refractivity contribution is -0.350. The third kappa shape index (κ3) is 2.06. The number of carbonyl (C=O) groups excluding carboxylic acids is 1. The molecule has 0 radical (unpaired) electrons. The Morgan fingerprint density at radius 2 is 1.56 bits per heavy atom. The average molecular weight is 278 g/mol. The second-order valence-electron chi connectivity index (χ2n) is 3.38. The van der Waals surface area contributed by atoms with Crippen molar-refractivity contribution in [3.8, 4) is 0 Å². The Bertz CT molecular complexity index is 445. The van der Waals surface area contributed by atoms with Crippen molar-refractivity contribution in [1.82, 2.24) is 10.2 Å². The number of nitrogens with one attached hydrogen (secondary N) is 1. The lowest BCUT2D eigenvalue weighted by atomic mass is 10.00. The quantitative estimate of drug-likeness (QED) is 0.667. The molecule has 0 saturated carbocycles. The van der Waals surface area contributed by atoms with Crippen LogP contribution in [0.5, 0.6) is 0 Å². The molecule has 102 valence electrons. The number of carbonyl (C=O) groups is 1. The van der Waals surface area contributed by atoms with Gasteiger partial charge in [-0.2, -0.15) is 31.4 Å². The summed E-state index contributed by atoms with van der Waals surface area (Å²) < 4.78 is 87.0. The SMILES string of the molecule is CC(=O)c1cc(C(F)(C(F)(F)F)C(F)(F)F)[nH]n1. The monoisotopic (exact) mass is 278 g/mol. The van der Waals surface area contributed by atoms with Gasteiger partial charge >= 0.3 is 18.0 Å². The Morgan fingerprint density at radius 3 is 1.83 bits per heavy atom. The molecule has 10 heteroatoms. The maximum Gasteiger partial charge on any atom is 0.437 e. The van der Waals surface area contributed by atoms with Gasteiger partial charge in [-0.15, -0.1) is 0 Å². The average Bonchev–Trinajstić information content (AvgIpc) is 2.61. The third-order valence-corrected chi connectivity index (χ3v) is 2.09. The normalized spacial score (nSPS) is 13.8. The summed E-state index contributed by atoms with van der Waals surface area (Å²) in [5.74, 6) is -0.899. The van der Waals surface area contributed by atoms with Crippen LogP contribution < -0.4 is 0 Å². The largest absolute Gasteiger partial charge is 0.437 e. The molecule has 0 unspecified atom stereocenters. The topological polar surface area (TPSA) is 45.8 Å². The summed E-state index contributed by atoms with van der Waals surface area (Å²) in [4.78, 5) is 10.7. The van der Waals surface area contributed by atoms with E-state index in [1.165, 1.54) is 5.10 Å². The van der Waals surface area contributed by atoms with Crippen molar-refractivity contribution in [3.05, 3.63) is 17.5 Å². The van der Waals surface area contributed by atoms with E-state index in [1.54, 1.807) is 0 Å². The standard InChI is InChI=1S/C8H5F7N2O/c1-3(18)4-2-5(17-16-4)6(9,7(10,11)12)8(13,14)15/h2H,1H3,(H,16,17).